The molecule has 39 heavy (non-hydrogen) atoms. The molecule has 0 saturated carbocycles. The van der Waals surface area contributed by atoms with E-state index in [0.29, 0.717) is 25.2 Å². The van der Waals surface area contributed by atoms with Gasteiger partial charge in [-0.3, -0.25) is 14.5 Å². The normalized spacial score (nSPS) is 18.5. The fourth-order valence-electron chi connectivity index (χ4n) is 6.48. The zero-order valence-electron chi connectivity index (χ0n) is 22.4. The number of piperidine rings is 1. The van der Waals surface area contributed by atoms with Gasteiger partial charge in [0.15, 0.2) is 0 Å². The first-order valence-electron chi connectivity index (χ1n) is 13.5. The summed E-state index contributed by atoms with van der Waals surface area (Å²) in [4.78, 5) is 36.5. The number of amides is 2. The third-order valence-electron chi connectivity index (χ3n) is 8.71. The Balaban J connectivity index is 1.20. The maximum atomic E-state index is 13.9. The van der Waals surface area contributed by atoms with Crippen LogP contribution in [0.4, 0.5) is 10.1 Å². The Kier molecular flexibility index (Phi) is 6.47. The molecule has 2 aliphatic heterocycles. The van der Waals surface area contributed by atoms with Crippen molar-refractivity contribution >= 4 is 28.4 Å². The van der Waals surface area contributed by atoms with Crippen LogP contribution in [-0.2, 0) is 21.5 Å². The average Bonchev–Trinajstić information content (AvgIpc) is 3.54. The van der Waals surface area contributed by atoms with Gasteiger partial charge in [0.05, 0.1) is 12.3 Å². The van der Waals surface area contributed by atoms with Gasteiger partial charge in [-0.2, -0.15) is 0 Å². The molecule has 3 heterocycles. The van der Waals surface area contributed by atoms with Gasteiger partial charge < -0.3 is 14.8 Å². The van der Waals surface area contributed by atoms with E-state index in [1.54, 1.807) is 17.2 Å². The van der Waals surface area contributed by atoms with E-state index in [1.165, 1.54) is 17.7 Å². The third-order valence-corrected chi connectivity index (χ3v) is 8.71. The Labute approximate surface area is 228 Å². The van der Waals surface area contributed by atoms with Crippen molar-refractivity contribution in [3.8, 4) is 0 Å². The fourth-order valence-corrected chi connectivity index (χ4v) is 6.48. The summed E-state index contributed by atoms with van der Waals surface area (Å²) < 4.78 is 13.6. The van der Waals surface area contributed by atoms with Gasteiger partial charge in [-0.15, -0.1) is 0 Å². The molecule has 1 fully saturated rings. The second-order valence-electron chi connectivity index (χ2n) is 10.9. The first kappa shape index (κ1) is 25.3. The van der Waals surface area contributed by atoms with Crippen molar-refractivity contribution in [3.63, 3.8) is 0 Å². The van der Waals surface area contributed by atoms with Crippen LogP contribution in [0.2, 0.25) is 0 Å². The molecule has 0 aliphatic carbocycles. The molecule has 4 aromatic rings. The lowest BCUT2D eigenvalue weighted by Crippen LogP contribution is -2.52. The highest BCUT2D eigenvalue weighted by Gasteiger charge is 2.43. The lowest BCUT2D eigenvalue weighted by molar-refractivity contribution is -0.135. The Hall–Kier alpha value is -3.97. The van der Waals surface area contributed by atoms with Crippen molar-refractivity contribution in [2.75, 3.05) is 38.6 Å². The molecule has 0 bridgehead atoms. The number of aromatic amines is 1. The maximum absolute atomic E-state index is 13.9. The average molecular weight is 525 g/mol. The molecule has 0 spiro atoms. The van der Waals surface area contributed by atoms with Crippen molar-refractivity contribution in [1.29, 1.82) is 0 Å². The largest absolute Gasteiger partial charge is 0.361 e. The molecule has 1 atom stereocenters. The van der Waals surface area contributed by atoms with Crippen LogP contribution >= 0.6 is 0 Å². The highest BCUT2D eigenvalue weighted by atomic mass is 19.1. The zero-order valence-corrected chi connectivity index (χ0v) is 22.4. The predicted octanol–water partition coefficient (Wildman–Crippen LogP) is 5.06. The molecule has 3 aromatic carbocycles. The number of carbonyl (C=O) groups excluding carboxylic acids is 2. The van der Waals surface area contributed by atoms with E-state index >= 15 is 0 Å². The molecular formula is C32H33FN4O2. The molecule has 1 saturated heterocycles. The Morgan fingerprint density at radius 2 is 1.72 bits per heavy atom. The zero-order chi connectivity index (χ0) is 27.1. The number of aromatic nitrogens is 1. The van der Waals surface area contributed by atoms with Crippen LogP contribution in [0.1, 0.15) is 35.4 Å². The highest BCUT2D eigenvalue weighted by Crippen LogP contribution is 2.41. The number of carbonyl (C=O) groups is 2. The monoisotopic (exact) mass is 524 g/mol. The number of para-hydroxylation sites is 1. The second kappa shape index (κ2) is 9.97. The number of benzene rings is 3. The Morgan fingerprint density at radius 1 is 1.00 bits per heavy atom. The van der Waals surface area contributed by atoms with Gasteiger partial charge in [-0.25, -0.2) is 4.39 Å². The second-order valence-corrected chi connectivity index (χ2v) is 10.9. The molecule has 2 amide bonds. The number of anilines is 1. The van der Waals surface area contributed by atoms with Gasteiger partial charge >= 0.3 is 0 Å². The maximum Gasteiger partial charge on any atom is 0.232 e. The molecule has 6 rings (SSSR count). The smallest absolute Gasteiger partial charge is 0.232 e. The third kappa shape index (κ3) is 4.40. The van der Waals surface area contributed by atoms with Gasteiger partial charge in [-0.1, -0.05) is 48.5 Å². The number of H-pyrrole nitrogens is 1. The highest BCUT2D eigenvalue weighted by molar-refractivity contribution is 6.02. The van der Waals surface area contributed by atoms with Crippen LogP contribution in [0, 0.1) is 5.82 Å². The minimum atomic E-state index is -0.384. The summed E-state index contributed by atoms with van der Waals surface area (Å²) in [6.07, 6.45) is 3.65. The van der Waals surface area contributed by atoms with E-state index in [4.69, 9.17) is 0 Å². The van der Waals surface area contributed by atoms with Crippen LogP contribution in [0.25, 0.3) is 10.9 Å². The molecule has 200 valence electrons. The molecule has 1 unspecified atom stereocenters. The predicted molar refractivity (Wildman–Crippen MR) is 151 cm³/mol. The van der Waals surface area contributed by atoms with Crippen LogP contribution in [0.3, 0.4) is 0 Å². The van der Waals surface area contributed by atoms with Crippen LogP contribution in [0.5, 0.6) is 0 Å². The summed E-state index contributed by atoms with van der Waals surface area (Å²) in [5.74, 6) is -0.690. The van der Waals surface area contributed by atoms with Gasteiger partial charge in [0.25, 0.3) is 0 Å². The summed E-state index contributed by atoms with van der Waals surface area (Å²) in [7, 11) is 4.23. The van der Waals surface area contributed by atoms with Gasteiger partial charge in [0, 0.05) is 48.0 Å². The standard InChI is InChI=1S/C32H33FN4O2/c1-35(2)32(23-8-4-3-5-9-23)14-16-36(17-15-32)31(39)27-21-37(29-11-7-6-10-26(27)29)30(38)18-22-20-34-28-19-24(33)12-13-25(22)28/h3-13,19-20,27,34H,14-18,21H2,1-2H3. The summed E-state index contributed by atoms with van der Waals surface area (Å²) >= 11 is 0. The Morgan fingerprint density at radius 3 is 2.46 bits per heavy atom. The lowest BCUT2D eigenvalue weighted by atomic mass is 9.79. The molecule has 2 aliphatic rings. The summed E-state index contributed by atoms with van der Waals surface area (Å²) in [6.45, 7) is 1.68. The van der Waals surface area contributed by atoms with E-state index in [2.05, 4.69) is 48.2 Å². The topological polar surface area (TPSA) is 59.6 Å². The van der Waals surface area contributed by atoms with Crippen molar-refractivity contribution in [1.82, 2.24) is 14.8 Å². The molecule has 1 N–H and O–H groups in total. The van der Waals surface area contributed by atoms with Gasteiger partial charge in [0.2, 0.25) is 11.8 Å². The molecule has 0 radical (unpaired) electrons. The number of halogens is 1. The quantitative estimate of drug-likeness (QED) is 0.397. The van der Waals surface area contributed by atoms with Crippen LogP contribution < -0.4 is 4.90 Å². The van der Waals surface area contributed by atoms with Gasteiger partial charge in [0.1, 0.15) is 5.82 Å². The first-order chi connectivity index (χ1) is 18.9. The fraction of sp³-hybridized carbons (Fsp3) is 0.312. The lowest BCUT2D eigenvalue weighted by Gasteiger charge is -2.47. The van der Waals surface area contributed by atoms with E-state index in [-0.39, 0.29) is 35.5 Å². The van der Waals surface area contributed by atoms with Crippen molar-refractivity contribution in [2.45, 2.75) is 30.7 Å². The van der Waals surface area contributed by atoms with E-state index in [9.17, 15) is 14.0 Å². The van der Waals surface area contributed by atoms with Crippen LogP contribution in [0.15, 0.2) is 79.0 Å². The SMILES string of the molecule is CN(C)C1(c2ccccc2)CCN(C(=O)C2CN(C(=O)Cc3c[nH]c4cc(F)ccc34)c3ccccc32)CC1. The first-order valence-corrected chi connectivity index (χ1v) is 13.5. The number of fused-ring (bicyclic) bond motifs is 2. The minimum Gasteiger partial charge on any atom is -0.361 e. The minimum absolute atomic E-state index is 0.0719. The number of rotatable bonds is 5. The number of hydrogen-bond donors (Lipinski definition) is 1. The Bertz CT molecular complexity index is 1520. The van der Waals surface area contributed by atoms with Crippen molar-refractivity contribution in [2.24, 2.45) is 0 Å². The molecular weight excluding hydrogens is 491 g/mol. The van der Waals surface area contributed by atoms with E-state index < -0.39 is 0 Å². The van der Waals surface area contributed by atoms with Crippen molar-refractivity contribution < 1.29 is 14.0 Å². The summed E-state index contributed by atoms with van der Waals surface area (Å²) in [5.41, 5.74) is 4.38. The number of hydrogen-bond acceptors (Lipinski definition) is 3. The number of likely N-dealkylation sites (tertiary alicyclic amines) is 1. The van der Waals surface area contributed by atoms with Crippen LogP contribution in [-0.4, -0.2) is 60.3 Å². The van der Waals surface area contributed by atoms with Crippen molar-refractivity contribution in [3.05, 3.63) is 102 Å². The van der Waals surface area contributed by atoms with Gasteiger partial charge in [-0.05, 0) is 67.9 Å². The molecule has 6 nitrogen and oxygen atoms in total. The molecule has 7 heteroatoms. The number of nitrogens with zero attached hydrogens (tertiary/aromatic N) is 3. The summed E-state index contributed by atoms with van der Waals surface area (Å²) in [5, 5.41) is 0.834. The summed E-state index contributed by atoms with van der Waals surface area (Å²) in [6, 6.07) is 22.8. The molecule has 1 aromatic heterocycles. The van der Waals surface area contributed by atoms with E-state index in [1.807, 2.05) is 35.2 Å². The van der Waals surface area contributed by atoms with E-state index in [0.717, 1.165) is 35.0 Å². The number of nitrogens with one attached hydrogen (secondary N) is 1.